The highest BCUT2D eigenvalue weighted by atomic mass is 16.3. The highest BCUT2D eigenvalue weighted by Gasteiger charge is 2.04. The monoisotopic (exact) mass is 217 g/mol. The van der Waals surface area contributed by atoms with Crippen LogP contribution in [0.4, 0.5) is 17.1 Å². The maximum Gasteiger partial charge on any atom is 0.0952 e. The van der Waals surface area contributed by atoms with E-state index < -0.39 is 0 Å². The molecule has 1 heterocycles. The van der Waals surface area contributed by atoms with Crippen LogP contribution in [0.25, 0.3) is 0 Å². The molecule has 0 fully saturated rings. The third-order valence-electron chi connectivity index (χ3n) is 2.51. The van der Waals surface area contributed by atoms with Gasteiger partial charge in [-0.1, -0.05) is 0 Å². The van der Waals surface area contributed by atoms with E-state index in [9.17, 15) is 0 Å². The Kier molecular flexibility index (Phi) is 2.72. The first-order chi connectivity index (χ1) is 7.66. The second-order valence-electron chi connectivity index (χ2n) is 3.80. The zero-order valence-electron chi connectivity index (χ0n) is 9.18. The third-order valence-corrected chi connectivity index (χ3v) is 2.51. The second kappa shape index (κ2) is 4.18. The van der Waals surface area contributed by atoms with Crippen LogP contribution in [0.3, 0.4) is 0 Å². The third kappa shape index (κ3) is 2.11. The zero-order chi connectivity index (χ0) is 11.5. The fourth-order valence-corrected chi connectivity index (χ4v) is 1.55. The molecule has 16 heavy (non-hydrogen) atoms. The van der Waals surface area contributed by atoms with Crippen molar-refractivity contribution in [2.45, 2.75) is 6.54 Å². The van der Waals surface area contributed by atoms with Gasteiger partial charge in [-0.3, -0.25) is 0 Å². The minimum absolute atomic E-state index is 0.608. The van der Waals surface area contributed by atoms with Gasteiger partial charge in [0.1, 0.15) is 0 Å². The predicted octanol–water partition coefficient (Wildman–Crippen LogP) is 2.08. The molecule has 0 aliphatic heterocycles. The Morgan fingerprint density at radius 1 is 1.19 bits per heavy atom. The Hall–Kier alpha value is -2.10. The highest BCUT2D eigenvalue weighted by molar-refractivity contribution is 5.69. The number of nitrogens with two attached hydrogens (primary N) is 2. The standard InChI is InChI=1S/C12H15N3O/c1-15(7-9-4-5-16-8-9)10-2-3-11(13)12(14)6-10/h2-6,8H,7,13-14H2,1H3. The molecule has 1 aromatic carbocycles. The summed E-state index contributed by atoms with van der Waals surface area (Å²) in [6, 6.07) is 7.58. The first-order valence-electron chi connectivity index (χ1n) is 5.04. The molecule has 0 saturated heterocycles. The van der Waals surface area contributed by atoms with Crippen LogP contribution >= 0.6 is 0 Å². The molecule has 0 atom stereocenters. The van der Waals surface area contributed by atoms with Crippen molar-refractivity contribution in [3.05, 3.63) is 42.4 Å². The molecule has 0 saturated carbocycles. The minimum Gasteiger partial charge on any atom is -0.472 e. The quantitative estimate of drug-likeness (QED) is 0.772. The number of furan rings is 1. The summed E-state index contributed by atoms with van der Waals surface area (Å²) < 4.78 is 5.02. The molecule has 0 spiro atoms. The van der Waals surface area contributed by atoms with Crippen LogP contribution < -0.4 is 16.4 Å². The van der Waals surface area contributed by atoms with Crippen molar-refractivity contribution in [1.29, 1.82) is 0 Å². The van der Waals surface area contributed by atoms with E-state index in [0.717, 1.165) is 17.8 Å². The normalized spacial score (nSPS) is 10.3. The molecule has 4 heteroatoms. The summed E-state index contributed by atoms with van der Waals surface area (Å²) >= 11 is 0. The fourth-order valence-electron chi connectivity index (χ4n) is 1.55. The van der Waals surface area contributed by atoms with Crippen LogP contribution in [-0.2, 0) is 6.54 Å². The van der Waals surface area contributed by atoms with Crippen LogP contribution in [0.15, 0.2) is 41.2 Å². The van der Waals surface area contributed by atoms with Gasteiger partial charge < -0.3 is 20.8 Å². The van der Waals surface area contributed by atoms with Gasteiger partial charge in [0.25, 0.3) is 0 Å². The second-order valence-corrected chi connectivity index (χ2v) is 3.80. The molecule has 0 aliphatic carbocycles. The van der Waals surface area contributed by atoms with E-state index in [1.165, 1.54) is 0 Å². The van der Waals surface area contributed by atoms with Crippen LogP contribution in [0.1, 0.15) is 5.56 Å². The van der Waals surface area contributed by atoms with E-state index in [1.54, 1.807) is 12.5 Å². The van der Waals surface area contributed by atoms with Crippen LogP contribution in [-0.4, -0.2) is 7.05 Å². The lowest BCUT2D eigenvalue weighted by Gasteiger charge is -2.19. The van der Waals surface area contributed by atoms with E-state index in [1.807, 2.05) is 31.3 Å². The molecule has 4 N–H and O–H groups in total. The van der Waals surface area contributed by atoms with Crippen molar-refractivity contribution < 1.29 is 4.42 Å². The fraction of sp³-hybridized carbons (Fsp3) is 0.167. The summed E-state index contributed by atoms with van der Waals surface area (Å²) in [6.07, 6.45) is 3.40. The lowest BCUT2D eigenvalue weighted by molar-refractivity contribution is 0.563. The topological polar surface area (TPSA) is 68.4 Å². The summed E-state index contributed by atoms with van der Waals surface area (Å²) in [4.78, 5) is 2.08. The van der Waals surface area contributed by atoms with E-state index in [2.05, 4.69) is 4.90 Å². The molecule has 0 bridgehead atoms. The van der Waals surface area contributed by atoms with Crippen LogP contribution in [0.2, 0.25) is 0 Å². The lowest BCUT2D eigenvalue weighted by Crippen LogP contribution is -2.16. The molecule has 0 amide bonds. The Balaban J connectivity index is 2.14. The number of anilines is 3. The Bertz CT molecular complexity index is 465. The summed E-state index contributed by atoms with van der Waals surface area (Å²) in [7, 11) is 2.00. The molecular weight excluding hydrogens is 202 g/mol. The first-order valence-corrected chi connectivity index (χ1v) is 5.04. The number of benzene rings is 1. The van der Waals surface area contributed by atoms with Crippen molar-refractivity contribution in [2.24, 2.45) is 0 Å². The van der Waals surface area contributed by atoms with Gasteiger partial charge in [0.2, 0.25) is 0 Å². The van der Waals surface area contributed by atoms with Crippen LogP contribution in [0, 0.1) is 0 Å². The Labute approximate surface area is 94.5 Å². The molecule has 4 nitrogen and oxygen atoms in total. The molecule has 0 aliphatic rings. The van der Waals surface area contributed by atoms with Gasteiger partial charge >= 0.3 is 0 Å². The summed E-state index contributed by atoms with van der Waals surface area (Å²) in [5.74, 6) is 0. The number of nitrogens with zero attached hydrogens (tertiary/aromatic N) is 1. The predicted molar refractivity (Wildman–Crippen MR) is 66.1 cm³/mol. The summed E-state index contributed by atoms with van der Waals surface area (Å²) in [5.41, 5.74) is 14.8. The van der Waals surface area contributed by atoms with E-state index in [-0.39, 0.29) is 0 Å². The zero-order valence-corrected chi connectivity index (χ0v) is 9.18. The van der Waals surface area contributed by atoms with E-state index >= 15 is 0 Å². The average molecular weight is 217 g/mol. The molecule has 2 rings (SSSR count). The van der Waals surface area contributed by atoms with Crippen molar-refractivity contribution >= 4 is 17.1 Å². The van der Waals surface area contributed by atoms with Crippen molar-refractivity contribution in [2.75, 3.05) is 23.4 Å². The van der Waals surface area contributed by atoms with Gasteiger partial charge in [-0.25, -0.2) is 0 Å². The number of rotatable bonds is 3. The van der Waals surface area contributed by atoms with Crippen LogP contribution in [0.5, 0.6) is 0 Å². The Morgan fingerprint density at radius 3 is 2.62 bits per heavy atom. The van der Waals surface area contributed by atoms with Gasteiger partial charge in [-0.15, -0.1) is 0 Å². The maximum absolute atomic E-state index is 5.76. The highest BCUT2D eigenvalue weighted by Crippen LogP contribution is 2.23. The average Bonchev–Trinajstić information content (AvgIpc) is 2.74. The lowest BCUT2D eigenvalue weighted by atomic mass is 10.2. The van der Waals surface area contributed by atoms with Gasteiger partial charge in [0, 0.05) is 24.8 Å². The Morgan fingerprint density at radius 2 is 2.00 bits per heavy atom. The van der Waals surface area contributed by atoms with Gasteiger partial charge in [-0.2, -0.15) is 0 Å². The molecule has 84 valence electrons. The number of nitrogen functional groups attached to an aromatic ring is 2. The molecular formula is C12H15N3O. The van der Waals surface area contributed by atoms with E-state index in [4.69, 9.17) is 15.9 Å². The molecule has 2 aromatic rings. The summed E-state index contributed by atoms with van der Waals surface area (Å²) in [5, 5.41) is 0. The van der Waals surface area contributed by atoms with Crippen molar-refractivity contribution in [3.63, 3.8) is 0 Å². The smallest absolute Gasteiger partial charge is 0.0952 e. The van der Waals surface area contributed by atoms with Crippen molar-refractivity contribution in [1.82, 2.24) is 0 Å². The maximum atomic E-state index is 5.76. The van der Waals surface area contributed by atoms with E-state index in [0.29, 0.717) is 11.4 Å². The first kappa shape index (κ1) is 10.4. The van der Waals surface area contributed by atoms with Gasteiger partial charge in [-0.05, 0) is 24.3 Å². The van der Waals surface area contributed by atoms with Gasteiger partial charge in [0.15, 0.2) is 0 Å². The van der Waals surface area contributed by atoms with Gasteiger partial charge in [0.05, 0.1) is 23.9 Å². The number of hydrogen-bond acceptors (Lipinski definition) is 4. The molecule has 0 radical (unpaired) electrons. The molecule has 0 unspecified atom stereocenters. The minimum atomic E-state index is 0.608. The largest absolute Gasteiger partial charge is 0.472 e. The SMILES string of the molecule is CN(Cc1ccoc1)c1ccc(N)c(N)c1. The van der Waals surface area contributed by atoms with Crippen molar-refractivity contribution in [3.8, 4) is 0 Å². The summed E-state index contributed by atoms with van der Waals surface area (Å²) in [6.45, 7) is 0.778. The number of hydrogen-bond donors (Lipinski definition) is 2. The molecule has 1 aromatic heterocycles.